The molecule has 3 unspecified atom stereocenters. The molecule has 0 aromatic heterocycles. The van der Waals surface area contributed by atoms with Crippen LogP contribution in [0.3, 0.4) is 0 Å². The van der Waals surface area contributed by atoms with Crippen LogP contribution in [0.1, 0.15) is 155 Å². The summed E-state index contributed by atoms with van der Waals surface area (Å²) in [7, 11) is -4.63. The number of unbranched alkanes of at least 4 members (excludes halogenated alkanes) is 13. The fourth-order valence-corrected chi connectivity index (χ4v) is 5.99. The number of hydrogen-bond acceptors (Lipinski definition) is 8. The smallest absolute Gasteiger partial charge is 0.472 e. The summed E-state index contributed by atoms with van der Waals surface area (Å²) in [4.78, 5) is 33.5. The highest BCUT2D eigenvalue weighted by Crippen LogP contribution is 2.43. The average molecular weight is 794 g/mol. The lowest BCUT2D eigenvalue weighted by molar-refractivity contribution is -0.154. The third kappa shape index (κ3) is 39.4. The van der Waals surface area contributed by atoms with E-state index in [-0.39, 0.29) is 13.0 Å². The largest absolute Gasteiger partial charge is 0.480 e. The molecule has 0 aromatic carbocycles. The summed E-state index contributed by atoms with van der Waals surface area (Å²) in [5.74, 6) is -1.81. The highest BCUT2D eigenvalue weighted by molar-refractivity contribution is 7.47. The molecule has 0 aliphatic rings. The maximum Gasteiger partial charge on any atom is 0.472 e. The second-order valence-electron chi connectivity index (χ2n) is 13.7. The van der Waals surface area contributed by atoms with Crippen LogP contribution in [-0.2, 0) is 32.7 Å². The number of phosphoric ester groups is 1. The Hall–Kier alpha value is -2.59. The first kappa shape index (κ1) is 52.4. The second-order valence-corrected chi connectivity index (χ2v) is 15.2. The number of carboxylic acid groups (broad SMARTS) is 1. The third-order valence-electron chi connectivity index (χ3n) is 8.47. The van der Waals surface area contributed by atoms with E-state index in [0.29, 0.717) is 13.0 Å². The third-order valence-corrected chi connectivity index (χ3v) is 9.42. The van der Waals surface area contributed by atoms with Gasteiger partial charge in [0.1, 0.15) is 12.1 Å². The van der Waals surface area contributed by atoms with Gasteiger partial charge in [0, 0.05) is 13.0 Å². The van der Waals surface area contributed by atoms with E-state index >= 15 is 0 Å². The fourth-order valence-electron chi connectivity index (χ4n) is 5.21. The SMILES string of the molecule is CC/C=C\C/C=C\C/C=C\CCCCCCOCC(COP(=O)(O)OCC(N)C(=O)O)OC(=O)CCCCCCCC/C=C\C/C=C\C/C=C\CCCCC. The zero-order valence-corrected chi connectivity index (χ0v) is 35.1. The Bertz CT molecular complexity index is 1150. The van der Waals surface area contributed by atoms with Crippen molar-refractivity contribution in [1.29, 1.82) is 0 Å². The van der Waals surface area contributed by atoms with Gasteiger partial charge in [-0.15, -0.1) is 0 Å². The minimum atomic E-state index is -4.63. The molecular formula is C44H76NO9P. The van der Waals surface area contributed by atoms with Crippen LogP contribution >= 0.6 is 7.82 Å². The molecule has 0 amide bonds. The van der Waals surface area contributed by atoms with Crippen LogP contribution in [0.5, 0.6) is 0 Å². The first-order chi connectivity index (χ1) is 26.7. The molecule has 3 atom stereocenters. The van der Waals surface area contributed by atoms with Crippen molar-refractivity contribution in [3.05, 3.63) is 72.9 Å². The number of allylic oxidation sites excluding steroid dienone is 12. The predicted octanol–water partition coefficient (Wildman–Crippen LogP) is 11.4. The summed E-state index contributed by atoms with van der Waals surface area (Å²) < 4.78 is 33.3. The monoisotopic (exact) mass is 794 g/mol. The molecule has 0 spiro atoms. The minimum absolute atomic E-state index is 0.00780. The molecule has 0 heterocycles. The zero-order valence-electron chi connectivity index (χ0n) is 34.2. The van der Waals surface area contributed by atoms with Gasteiger partial charge in [-0.1, -0.05) is 138 Å². The van der Waals surface area contributed by atoms with E-state index in [2.05, 4.69) is 86.8 Å². The number of esters is 1. The summed E-state index contributed by atoms with van der Waals surface area (Å²) in [5, 5.41) is 8.89. The Kier molecular flexibility index (Phi) is 37.8. The van der Waals surface area contributed by atoms with Gasteiger partial charge in [-0.25, -0.2) is 4.57 Å². The second kappa shape index (κ2) is 39.6. The molecule has 0 aliphatic carbocycles. The Morgan fingerprint density at radius 2 is 1.05 bits per heavy atom. The molecule has 11 heteroatoms. The van der Waals surface area contributed by atoms with E-state index in [4.69, 9.17) is 29.4 Å². The molecule has 0 saturated carbocycles. The van der Waals surface area contributed by atoms with E-state index in [1.165, 1.54) is 25.7 Å². The lowest BCUT2D eigenvalue weighted by Crippen LogP contribution is -2.34. The van der Waals surface area contributed by atoms with E-state index in [9.17, 15) is 19.0 Å². The normalized spacial score (nSPS) is 14.7. The van der Waals surface area contributed by atoms with Gasteiger partial charge < -0.3 is 25.2 Å². The average Bonchev–Trinajstić information content (AvgIpc) is 3.16. The van der Waals surface area contributed by atoms with Crippen LogP contribution in [0.25, 0.3) is 0 Å². The van der Waals surface area contributed by atoms with E-state index in [0.717, 1.165) is 103 Å². The molecule has 316 valence electrons. The molecule has 0 aromatic rings. The van der Waals surface area contributed by atoms with Gasteiger partial charge in [0.25, 0.3) is 0 Å². The van der Waals surface area contributed by atoms with Crippen molar-refractivity contribution < 1.29 is 42.7 Å². The van der Waals surface area contributed by atoms with E-state index in [1.807, 2.05) is 0 Å². The Morgan fingerprint density at radius 1 is 0.600 bits per heavy atom. The molecule has 10 nitrogen and oxygen atoms in total. The van der Waals surface area contributed by atoms with Gasteiger partial charge in [-0.05, 0) is 83.5 Å². The zero-order chi connectivity index (χ0) is 40.5. The Labute approximate surface area is 334 Å². The lowest BCUT2D eigenvalue weighted by Gasteiger charge is -2.20. The van der Waals surface area contributed by atoms with Crippen LogP contribution < -0.4 is 5.73 Å². The van der Waals surface area contributed by atoms with Crippen LogP contribution in [0.4, 0.5) is 0 Å². The van der Waals surface area contributed by atoms with Crippen molar-refractivity contribution in [3.63, 3.8) is 0 Å². The summed E-state index contributed by atoms with van der Waals surface area (Å²) in [6.45, 7) is 3.65. The fraction of sp³-hybridized carbons (Fsp3) is 0.682. The standard InChI is InChI=1S/C44H76NO9P/c1-3-5-7-9-11-13-15-17-19-20-21-22-23-24-26-28-30-32-34-36-43(46)54-41(39-52-55(49,50)53-40-42(45)44(47)48)38-51-37-35-33-31-29-27-25-18-16-14-12-10-8-6-4-2/h6,8,11-14,17-19,21-22,25,41-42H,3-5,7,9-10,15-16,20,23-24,26-40,45H2,1-2H3,(H,47,48)(H,49,50)/b8-6-,13-11-,14-12-,19-17-,22-21-,25-18-. The number of phosphoric acid groups is 1. The molecule has 0 saturated heterocycles. The molecule has 0 fully saturated rings. The lowest BCUT2D eigenvalue weighted by atomic mass is 10.1. The van der Waals surface area contributed by atoms with Crippen molar-refractivity contribution in [2.75, 3.05) is 26.4 Å². The number of carbonyl (C=O) groups is 2. The number of ether oxygens (including phenoxy) is 2. The summed E-state index contributed by atoms with van der Waals surface area (Å²) in [6, 6.07) is -1.48. The van der Waals surface area contributed by atoms with Gasteiger partial charge in [0.15, 0.2) is 0 Å². The van der Waals surface area contributed by atoms with Crippen LogP contribution in [0.15, 0.2) is 72.9 Å². The maximum absolute atomic E-state index is 12.6. The van der Waals surface area contributed by atoms with Crippen molar-refractivity contribution >= 4 is 19.8 Å². The number of carbonyl (C=O) groups excluding carboxylic acids is 1. The minimum Gasteiger partial charge on any atom is -0.480 e. The molecule has 0 aliphatic heterocycles. The molecule has 4 N–H and O–H groups in total. The number of aliphatic carboxylic acids is 1. The molecule has 0 rings (SSSR count). The van der Waals surface area contributed by atoms with Gasteiger partial charge in [-0.2, -0.15) is 0 Å². The topological polar surface area (TPSA) is 155 Å². The number of carboxylic acids is 1. The molecule has 0 bridgehead atoms. The maximum atomic E-state index is 12.6. The Balaban J connectivity index is 4.33. The number of nitrogens with two attached hydrogens (primary N) is 1. The predicted molar refractivity (Wildman–Crippen MR) is 226 cm³/mol. The summed E-state index contributed by atoms with van der Waals surface area (Å²) in [5.41, 5.74) is 5.35. The van der Waals surface area contributed by atoms with Gasteiger partial charge in [0.2, 0.25) is 0 Å². The molecule has 55 heavy (non-hydrogen) atoms. The van der Waals surface area contributed by atoms with Gasteiger partial charge >= 0.3 is 19.8 Å². The van der Waals surface area contributed by atoms with Crippen LogP contribution in [0.2, 0.25) is 0 Å². The van der Waals surface area contributed by atoms with E-state index < -0.39 is 45.1 Å². The summed E-state index contributed by atoms with van der Waals surface area (Å²) in [6.07, 6.45) is 48.1. The summed E-state index contributed by atoms with van der Waals surface area (Å²) >= 11 is 0. The van der Waals surface area contributed by atoms with Gasteiger partial charge in [-0.3, -0.25) is 18.6 Å². The van der Waals surface area contributed by atoms with Crippen LogP contribution in [-0.4, -0.2) is 60.5 Å². The van der Waals surface area contributed by atoms with Crippen molar-refractivity contribution in [3.8, 4) is 0 Å². The van der Waals surface area contributed by atoms with Gasteiger partial charge in [0.05, 0.1) is 19.8 Å². The molecular weight excluding hydrogens is 717 g/mol. The highest BCUT2D eigenvalue weighted by Gasteiger charge is 2.27. The van der Waals surface area contributed by atoms with Crippen molar-refractivity contribution in [1.82, 2.24) is 0 Å². The number of rotatable bonds is 39. The number of hydrogen-bond donors (Lipinski definition) is 3. The molecule has 0 radical (unpaired) electrons. The first-order valence-corrected chi connectivity index (χ1v) is 22.5. The van der Waals surface area contributed by atoms with Crippen molar-refractivity contribution in [2.24, 2.45) is 5.73 Å². The van der Waals surface area contributed by atoms with E-state index in [1.54, 1.807) is 0 Å². The first-order valence-electron chi connectivity index (χ1n) is 21.0. The van der Waals surface area contributed by atoms with Crippen LogP contribution in [0, 0.1) is 0 Å². The van der Waals surface area contributed by atoms with Crippen molar-refractivity contribution in [2.45, 2.75) is 167 Å². The highest BCUT2D eigenvalue weighted by atomic mass is 31.2. The quantitative estimate of drug-likeness (QED) is 0.0237. The Morgan fingerprint density at radius 3 is 1.58 bits per heavy atom.